The highest BCUT2D eigenvalue weighted by molar-refractivity contribution is 8.09. The largest absolute Gasteiger partial charge is 0.396 e. The van der Waals surface area contributed by atoms with Crippen molar-refractivity contribution in [2.45, 2.75) is 5.25 Å². The lowest BCUT2D eigenvalue weighted by atomic mass is 10.2. The molecule has 5 nitrogen and oxygen atoms in total. The molecule has 0 aromatic carbocycles. The minimum atomic E-state index is -0.559. The Morgan fingerprint density at radius 2 is 1.92 bits per heavy atom. The van der Waals surface area contributed by atoms with Gasteiger partial charge in [-0.2, -0.15) is 33.2 Å². The smallest absolute Gasteiger partial charge is 0.250 e. The van der Waals surface area contributed by atoms with Crippen LogP contribution in [0.15, 0.2) is 33.7 Å². The molecule has 26 heavy (non-hydrogen) atoms. The van der Waals surface area contributed by atoms with Gasteiger partial charge in [0.15, 0.2) is 5.69 Å². The SMILES string of the molecule is N#CC1=c2/c(=C/c3ccsc3)c(N)c(C#N)n2C(=O)[C@H](c2ccsc2)S1. The van der Waals surface area contributed by atoms with E-state index in [1.54, 1.807) is 0 Å². The summed E-state index contributed by atoms with van der Waals surface area (Å²) >= 11 is 4.23. The van der Waals surface area contributed by atoms with Gasteiger partial charge in [-0.25, -0.2) is 0 Å². The number of carbonyl (C=O) groups excluding carboxylic acids is 1. The van der Waals surface area contributed by atoms with Crippen LogP contribution in [-0.4, -0.2) is 10.5 Å². The number of nitrogens with zero attached hydrogens (tertiary/aromatic N) is 3. The van der Waals surface area contributed by atoms with Crippen molar-refractivity contribution in [2.75, 3.05) is 5.73 Å². The molecule has 0 amide bonds. The highest BCUT2D eigenvalue weighted by Crippen LogP contribution is 2.39. The molecule has 8 heteroatoms. The molecule has 2 N–H and O–H groups in total. The Bertz CT molecular complexity index is 1210. The zero-order valence-electron chi connectivity index (χ0n) is 13.2. The summed E-state index contributed by atoms with van der Waals surface area (Å²) in [4.78, 5) is 13.5. The molecule has 0 saturated carbocycles. The molecular weight excluding hydrogens is 384 g/mol. The van der Waals surface area contributed by atoms with E-state index in [4.69, 9.17) is 5.73 Å². The maximum absolute atomic E-state index is 13.1. The number of hydrogen-bond donors (Lipinski definition) is 1. The maximum atomic E-state index is 13.1. The van der Waals surface area contributed by atoms with Crippen LogP contribution in [0.5, 0.6) is 0 Å². The molecular formula is C18H10N4OS3. The van der Waals surface area contributed by atoms with E-state index in [0.29, 0.717) is 15.5 Å². The van der Waals surface area contributed by atoms with Crippen molar-refractivity contribution in [3.8, 4) is 12.1 Å². The Morgan fingerprint density at radius 1 is 1.15 bits per heavy atom. The summed E-state index contributed by atoms with van der Waals surface area (Å²) < 4.78 is 1.31. The summed E-state index contributed by atoms with van der Waals surface area (Å²) in [7, 11) is 0. The number of nitriles is 2. The number of carbonyl (C=O) groups is 1. The quantitative estimate of drug-likeness (QED) is 0.721. The fraction of sp³-hybridized carbons (Fsp3) is 0.0556. The third kappa shape index (κ3) is 2.47. The lowest BCUT2D eigenvalue weighted by Gasteiger charge is -2.20. The van der Waals surface area contributed by atoms with Crippen molar-refractivity contribution in [3.63, 3.8) is 0 Å². The van der Waals surface area contributed by atoms with Crippen LogP contribution in [0.2, 0.25) is 0 Å². The van der Waals surface area contributed by atoms with E-state index in [1.165, 1.54) is 39.0 Å². The predicted octanol–water partition coefficient (Wildman–Crippen LogP) is 2.65. The fourth-order valence-corrected chi connectivity index (χ4v) is 5.37. The van der Waals surface area contributed by atoms with Crippen molar-refractivity contribution >= 4 is 57.0 Å². The first-order valence-corrected chi connectivity index (χ1v) is 10.2. The Kier molecular flexibility index (Phi) is 4.17. The molecule has 0 fully saturated rings. The molecule has 0 radical (unpaired) electrons. The number of nitrogens with two attached hydrogens (primary N) is 1. The topological polar surface area (TPSA) is 95.6 Å². The van der Waals surface area contributed by atoms with E-state index >= 15 is 0 Å². The van der Waals surface area contributed by atoms with Gasteiger partial charge in [0.05, 0.1) is 11.0 Å². The highest BCUT2D eigenvalue weighted by Gasteiger charge is 2.34. The van der Waals surface area contributed by atoms with Gasteiger partial charge in [0, 0.05) is 5.22 Å². The van der Waals surface area contributed by atoms with Gasteiger partial charge >= 0.3 is 0 Å². The molecule has 4 rings (SSSR count). The third-order valence-electron chi connectivity index (χ3n) is 4.05. The number of rotatable bonds is 2. The molecule has 1 aliphatic heterocycles. The molecule has 1 atom stereocenters. The van der Waals surface area contributed by atoms with E-state index in [9.17, 15) is 15.3 Å². The van der Waals surface area contributed by atoms with E-state index in [0.717, 1.165) is 11.1 Å². The zero-order valence-corrected chi connectivity index (χ0v) is 15.6. The van der Waals surface area contributed by atoms with Gasteiger partial charge < -0.3 is 5.73 Å². The van der Waals surface area contributed by atoms with E-state index < -0.39 is 5.25 Å². The Labute approximate surface area is 160 Å². The maximum Gasteiger partial charge on any atom is 0.250 e. The van der Waals surface area contributed by atoms with Gasteiger partial charge in [0.1, 0.15) is 22.3 Å². The molecule has 0 saturated heterocycles. The molecule has 0 bridgehead atoms. The van der Waals surface area contributed by atoms with Crippen LogP contribution in [-0.2, 0) is 0 Å². The summed E-state index contributed by atoms with van der Waals surface area (Å²) in [5, 5.41) is 27.3. The first kappa shape index (κ1) is 16.7. The monoisotopic (exact) mass is 394 g/mol. The number of aromatic nitrogens is 1. The fourth-order valence-electron chi connectivity index (χ4n) is 2.89. The lowest BCUT2D eigenvalue weighted by Crippen LogP contribution is -2.40. The van der Waals surface area contributed by atoms with Crippen LogP contribution in [0.1, 0.15) is 26.9 Å². The molecule has 4 heterocycles. The normalized spacial score (nSPS) is 17.0. The van der Waals surface area contributed by atoms with E-state index in [-0.39, 0.29) is 17.3 Å². The average Bonchev–Trinajstić information content (AvgIpc) is 3.38. The summed E-state index contributed by atoms with van der Waals surface area (Å²) in [6, 6.07) is 7.99. The standard InChI is InChI=1S/C18H10N4OS3/c19-6-13-15(21)12(5-10-1-3-24-8-10)16-14(7-20)26-17(18(23)22(13)16)11-2-4-25-9-11/h1-5,8-9,17H,21H2/b12-5+/t17-/m0/s1. The minimum absolute atomic E-state index is 0.0831. The van der Waals surface area contributed by atoms with Gasteiger partial charge in [-0.05, 0) is 50.9 Å². The van der Waals surface area contributed by atoms with Crippen LogP contribution in [0.4, 0.5) is 5.69 Å². The number of thiophene rings is 2. The molecule has 3 aromatic heterocycles. The van der Waals surface area contributed by atoms with Gasteiger partial charge in [0.2, 0.25) is 5.91 Å². The molecule has 126 valence electrons. The number of nitrogen functional groups attached to an aromatic ring is 1. The van der Waals surface area contributed by atoms with Crippen molar-refractivity contribution < 1.29 is 4.79 Å². The second-order valence-corrected chi connectivity index (χ2v) is 8.18. The lowest BCUT2D eigenvalue weighted by molar-refractivity contribution is 0.0905. The molecule has 0 aliphatic carbocycles. The van der Waals surface area contributed by atoms with Crippen molar-refractivity contribution in [2.24, 2.45) is 0 Å². The first-order valence-electron chi connectivity index (χ1n) is 7.47. The first-order chi connectivity index (χ1) is 12.7. The second-order valence-electron chi connectivity index (χ2n) is 5.51. The molecule has 3 aromatic rings. The average molecular weight is 395 g/mol. The van der Waals surface area contributed by atoms with Gasteiger partial charge in [0.25, 0.3) is 0 Å². The molecule has 0 spiro atoms. The van der Waals surface area contributed by atoms with Crippen molar-refractivity contribution in [3.05, 3.63) is 61.0 Å². The summed E-state index contributed by atoms with van der Waals surface area (Å²) in [6.07, 6.45) is 1.81. The zero-order chi connectivity index (χ0) is 18.3. The van der Waals surface area contributed by atoms with Crippen LogP contribution in [0.25, 0.3) is 11.0 Å². The van der Waals surface area contributed by atoms with E-state index in [2.05, 4.69) is 6.07 Å². The van der Waals surface area contributed by atoms with E-state index in [1.807, 2.05) is 45.8 Å². The molecule has 1 aliphatic rings. The Morgan fingerprint density at radius 3 is 2.54 bits per heavy atom. The van der Waals surface area contributed by atoms with Gasteiger partial charge in [-0.1, -0.05) is 11.8 Å². The number of fused-ring (bicyclic) bond motifs is 1. The summed E-state index contributed by atoms with van der Waals surface area (Å²) in [5.74, 6) is -0.254. The Balaban J connectivity index is 2.08. The van der Waals surface area contributed by atoms with Crippen LogP contribution >= 0.6 is 34.4 Å². The van der Waals surface area contributed by atoms with Crippen molar-refractivity contribution in [1.82, 2.24) is 4.57 Å². The van der Waals surface area contributed by atoms with Crippen LogP contribution < -0.4 is 16.3 Å². The van der Waals surface area contributed by atoms with Crippen LogP contribution in [0, 0.1) is 22.7 Å². The number of hydrogen-bond acceptors (Lipinski definition) is 7. The second kappa shape index (κ2) is 6.50. The van der Waals surface area contributed by atoms with Gasteiger partial charge in [-0.15, -0.1) is 0 Å². The number of thioether (sulfide) groups is 1. The summed E-state index contributed by atoms with van der Waals surface area (Å²) in [5.41, 5.74) is 8.24. The predicted molar refractivity (Wildman–Crippen MR) is 105 cm³/mol. The van der Waals surface area contributed by atoms with Gasteiger partial charge in [-0.3, -0.25) is 9.36 Å². The van der Waals surface area contributed by atoms with Crippen molar-refractivity contribution in [1.29, 1.82) is 10.5 Å². The highest BCUT2D eigenvalue weighted by atomic mass is 32.2. The van der Waals surface area contributed by atoms with Crippen LogP contribution in [0.3, 0.4) is 0 Å². The third-order valence-corrected chi connectivity index (χ3v) is 6.68. The Hall–Kier alpha value is -2.78. The minimum Gasteiger partial charge on any atom is -0.396 e. The molecule has 0 unspecified atom stereocenters. The number of anilines is 1. The summed E-state index contributed by atoms with van der Waals surface area (Å²) in [6.45, 7) is 0.